The highest BCUT2D eigenvalue weighted by atomic mass is 16.3. The molecule has 3 rings (SSSR count). The lowest BCUT2D eigenvalue weighted by atomic mass is 9.89. The number of aliphatic hydroxyl groups is 2. The average Bonchev–Trinajstić information content (AvgIpc) is 2.84. The van der Waals surface area contributed by atoms with E-state index in [1.807, 2.05) is 86.5 Å². The second kappa shape index (κ2) is 7.09. The SMILES string of the molecule is CN(C)c1ccc(C2C(=O)C(O)C(c3ccc(N(C)C)cc3)C2O)cc1. The van der Waals surface area contributed by atoms with Gasteiger partial charge in [-0.05, 0) is 35.4 Å². The molecule has 26 heavy (non-hydrogen) atoms. The Kier molecular flexibility index (Phi) is 5.03. The molecule has 5 heteroatoms. The van der Waals surface area contributed by atoms with E-state index in [0.717, 1.165) is 22.5 Å². The van der Waals surface area contributed by atoms with E-state index in [1.165, 1.54) is 0 Å². The molecular weight excluding hydrogens is 328 g/mol. The topological polar surface area (TPSA) is 64.0 Å². The lowest BCUT2D eigenvalue weighted by Gasteiger charge is -2.21. The third-order valence-corrected chi connectivity index (χ3v) is 5.21. The average molecular weight is 354 g/mol. The van der Waals surface area contributed by atoms with Crippen molar-refractivity contribution in [2.75, 3.05) is 38.0 Å². The van der Waals surface area contributed by atoms with E-state index in [0.29, 0.717) is 0 Å². The minimum absolute atomic E-state index is 0.322. The summed E-state index contributed by atoms with van der Waals surface area (Å²) in [5.74, 6) is -1.64. The Bertz CT molecular complexity index is 769. The second-order valence-corrected chi connectivity index (χ2v) is 7.31. The van der Waals surface area contributed by atoms with Gasteiger partial charge >= 0.3 is 0 Å². The summed E-state index contributed by atoms with van der Waals surface area (Å²) in [5, 5.41) is 21.4. The third-order valence-electron chi connectivity index (χ3n) is 5.21. The van der Waals surface area contributed by atoms with Crippen molar-refractivity contribution in [3.63, 3.8) is 0 Å². The molecule has 1 saturated carbocycles. The number of Topliss-reactive ketones (excluding diaryl/α,β-unsaturated/α-hetero) is 1. The van der Waals surface area contributed by atoms with Crippen LogP contribution < -0.4 is 9.80 Å². The van der Waals surface area contributed by atoms with Crippen molar-refractivity contribution in [3.8, 4) is 0 Å². The molecule has 2 aromatic carbocycles. The van der Waals surface area contributed by atoms with Crippen LogP contribution in [0, 0.1) is 0 Å². The number of benzene rings is 2. The summed E-state index contributed by atoms with van der Waals surface area (Å²) in [6, 6.07) is 15.1. The maximum atomic E-state index is 12.7. The monoisotopic (exact) mass is 354 g/mol. The number of ketones is 1. The minimum atomic E-state index is -1.20. The first-order chi connectivity index (χ1) is 12.3. The van der Waals surface area contributed by atoms with Crippen molar-refractivity contribution >= 4 is 17.2 Å². The van der Waals surface area contributed by atoms with Crippen LogP contribution in [0.1, 0.15) is 23.0 Å². The fourth-order valence-corrected chi connectivity index (χ4v) is 3.64. The van der Waals surface area contributed by atoms with E-state index in [-0.39, 0.29) is 5.78 Å². The Hall–Kier alpha value is -2.37. The van der Waals surface area contributed by atoms with Crippen LogP contribution in [0.5, 0.6) is 0 Å². The summed E-state index contributed by atoms with van der Waals surface area (Å²) < 4.78 is 0. The molecular formula is C21H26N2O3. The number of aliphatic hydroxyl groups excluding tert-OH is 2. The van der Waals surface area contributed by atoms with Gasteiger partial charge in [-0.1, -0.05) is 24.3 Å². The fourth-order valence-electron chi connectivity index (χ4n) is 3.64. The molecule has 0 saturated heterocycles. The molecule has 0 bridgehead atoms. The molecule has 1 aliphatic carbocycles. The molecule has 5 nitrogen and oxygen atoms in total. The van der Waals surface area contributed by atoms with Crippen molar-refractivity contribution in [1.29, 1.82) is 0 Å². The Morgan fingerprint density at radius 3 is 1.58 bits per heavy atom. The number of hydrogen-bond donors (Lipinski definition) is 2. The molecule has 138 valence electrons. The highest BCUT2D eigenvalue weighted by molar-refractivity contribution is 5.94. The van der Waals surface area contributed by atoms with Gasteiger partial charge in [0.1, 0.15) is 6.10 Å². The summed E-state index contributed by atoms with van der Waals surface area (Å²) in [5.41, 5.74) is 3.55. The molecule has 2 aromatic rings. The van der Waals surface area contributed by atoms with Crippen LogP contribution in [0.2, 0.25) is 0 Å². The maximum Gasteiger partial charge on any atom is 0.172 e. The molecule has 0 spiro atoms. The van der Waals surface area contributed by atoms with Crippen LogP contribution in [-0.4, -0.2) is 56.4 Å². The zero-order chi connectivity index (χ0) is 19.0. The highest BCUT2D eigenvalue weighted by Gasteiger charge is 2.49. The van der Waals surface area contributed by atoms with Crippen molar-refractivity contribution in [1.82, 2.24) is 0 Å². The second-order valence-electron chi connectivity index (χ2n) is 7.31. The Morgan fingerprint density at radius 1 is 0.731 bits per heavy atom. The lowest BCUT2D eigenvalue weighted by molar-refractivity contribution is -0.126. The zero-order valence-electron chi connectivity index (χ0n) is 15.6. The molecule has 1 fully saturated rings. The lowest BCUT2D eigenvalue weighted by Crippen LogP contribution is -2.23. The van der Waals surface area contributed by atoms with E-state index in [1.54, 1.807) is 0 Å². The van der Waals surface area contributed by atoms with Crippen LogP contribution in [0.3, 0.4) is 0 Å². The zero-order valence-corrected chi connectivity index (χ0v) is 15.6. The van der Waals surface area contributed by atoms with Crippen LogP contribution in [0.4, 0.5) is 11.4 Å². The van der Waals surface area contributed by atoms with E-state index < -0.39 is 24.0 Å². The molecule has 0 aromatic heterocycles. The molecule has 4 atom stereocenters. The summed E-state index contributed by atoms with van der Waals surface area (Å²) in [7, 11) is 7.79. The van der Waals surface area contributed by atoms with Gasteiger partial charge in [0, 0.05) is 45.5 Å². The Morgan fingerprint density at radius 2 is 1.15 bits per heavy atom. The smallest absolute Gasteiger partial charge is 0.172 e. The third kappa shape index (κ3) is 3.20. The van der Waals surface area contributed by atoms with Gasteiger partial charge in [-0.2, -0.15) is 0 Å². The number of carbonyl (C=O) groups excluding carboxylic acids is 1. The minimum Gasteiger partial charge on any atom is -0.391 e. The van der Waals surface area contributed by atoms with Gasteiger partial charge in [0.05, 0.1) is 12.0 Å². The quantitative estimate of drug-likeness (QED) is 0.879. The summed E-state index contributed by atoms with van der Waals surface area (Å²) in [4.78, 5) is 16.6. The maximum absolute atomic E-state index is 12.7. The van der Waals surface area contributed by atoms with Crippen LogP contribution in [0.15, 0.2) is 48.5 Å². The molecule has 1 aliphatic rings. The Labute approximate surface area is 154 Å². The van der Waals surface area contributed by atoms with Crippen LogP contribution in [-0.2, 0) is 4.79 Å². The molecule has 0 radical (unpaired) electrons. The molecule has 4 unspecified atom stereocenters. The number of hydrogen-bond acceptors (Lipinski definition) is 5. The van der Waals surface area contributed by atoms with Gasteiger partial charge < -0.3 is 20.0 Å². The standard InChI is InChI=1S/C21H26N2O3/c1-22(2)15-9-5-13(6-10-15)17-19(24)18(21(26)20(17)25)14-7-11-16(12-8-14)23(3)4/h5-12,17-20,24-25H,1-4H3. The number of anilines is 2. The molecule has 0 heterocycles. The highest BCUT2D eigenvalue weighted by Crippen LogP contribution is 2.42. The van der Waals surface area contributed by atoms with Crippen molar-refractivity contribution < 1.29 is 15.0 Å². The van der Waals surface area contributed by atoms with Gasteiger partial charge in [0.25, 0.3) is 0 Å². The van der Waals surface area contributed by atoms with E-state index >= 15 is 0 Å². The van der Waals surface area contributed by atoms with Crippen molar-refractivity contribution in [2.45, 2.75) is 24.0 Å². The van der Waals surface area contributed by atoms with Gasteiger partial charge in [-0.3, -0.25) is 4.79 Å². The predicted octanol–water partition coefficient (Wildman–Crippen LogP) is 1.99. The van der Waals surface area contributed by atoms with Gasteiger partial charge in [0.2, 0.25) is 0 Å². The van der Waals surface area contributed by atoms with E-state index in [2.05, 4.69) is 0 Å². The Balaban J connectivity index is 1.89. The molecule has 0 amide bonds. The number of carbonyl (C=O) groups is 1. The van der Waals surface area contributed by atoms with E-state index in [4.69, 9.17) is 0 Å². The number of rotatable bonds is 4. The van der Waals surface area contributed by atoms with Crippen LogP contribution in [0.25, 0.3) is 0 Å². The predicted molar refractivity (Wildman–Crippen MR) is 104 cm³/mol. The number of nitrogens with zero attached hydrogens (tertiary/aromatic N) is 2. The first-order valence-electron chi connectivity index (χ1n) is 8.75. The van der Waals surface area contributed by atoms with Gasteiger partial charge in [-0.25, -0.2) is 0 Å². The summed E-state index contributed by atoms with van der Waals surface area (Å²) >= 11 is 0. The normalized spacial score (nSPS) is 25.4. The summed E-state index contributed by atoms with van der Waals surface area (Å²) in [6.45, 7) is 0. The fraction of sp³-hybridized carbons (Fsp3) is 0.381. The molecule has 0 aliphatic heterocycles. The van der Waals surface area contributed by atoms with Crippen molar-refractivity contribution in [2.24, 2.45) is 0 Å². The van der Waals surface area contributed by atoms with Gasteiger partial charge in [-0.15, -0.1) is 0 Å². The van der Waals surface area contributed by atoms with Crippen molar-refractivity contribution in [3.05, 3.63) is 59.7 Å². The summed E-state index contributed by atoms with van der Waals surface area (Å²) in [6.07, 6.45) is -2.15. The van der Waals surface area contributed by atoms with E-state index in [9.17, 15) is 15.0 Å². The van der Waals surface area contributed by atoms with Gasteiger partial charge in [0.15, 0.2) is 5.78 Å². The largest absolute Gasteiger partial charge is 0.391 e. The molecule has 2 N–H and O–H groups in total. The van der Waals surface area contributed by atoms with Crippen LogP contribution >= 0.6 is 0 Å². The first kappa shape index (κ1) is 18.4. The first-order valence-corrected chi connectivity index (χ1v) is 8.75.